The van der Waals surface area contributed by atoms with Crippen molar-refractivity contribution in [1.29, 1.82) is 0 Å². The molecule has 112 valence electrons. The number of nitrogens with zero attached hydrogens (tertiary/aromatic N) is 2. The summed E-state index contributed by atoms with van der Waals surface area (Å²) in [5, 5.41) is 0.917. The summed E-state index contributed by atoms with van der Waals surface area (Å²) in [6.07, 6.45) is 7.88. The number of furan rings is 1. The van der Waals surface area contributed by atoms with E-state index in [0.717, 1.165) is 31.1 Å². The van der Waals surface area contributed by atoms with Gasteiger partial charge in [-0.2, -0.15) is 0 Å². The van der Waals surface area contributed by atoms with Gasteiger partial charge in [-0.05, 0) is 24.4 Å². The molecule has 23 heavy (non-hydrogen) atoms. The lowest BCUT2D eigenvalue weighted by Gasteiger charge is -2.30. The van der Waals surface area contributed by atoms with E-state index in [-0.39, 0.29) is 0 Å². The first-order valence-electron chi connectivity index (χ1n) is 7.38. The first-order valence-corrected chi connectivity index (χ1v) is 7.38. The number of rotatable bonds is 1. The second kappa shape index (κ2) is 4.10. The molecule has 0 fully saturated rings. The van der Waals surface area contributed by atoms with E-state index in [2.05, 4.69) is 0 Å². The Morgan fingerprint density at radius 3 is 2.87 bits per heavy atom. The Morgan fingerprint density at radius 2 is 1.96 bits per heavy atom. The third-order valence-electron chi connectivity index (χ3n) is 4.49. The number of para-hydroxylation sites is 1. The zero-order valence-corrected chi connectivity index (χ0v) is 12.0. The summed E-state index contributed by atoms with van der Waals surface area (Å²) in [4.78, 5) is 0. The molecular weight excluding hydrogens is 297 g/mol. The van der Waals surface area contributed by atoms with E-state index in [9.17, 15) is 8.63 Å². The van der Waals surface area contributed by atoms with Crippen LogP contribution in [-0.4, -0.2) is 22.1 Å². The van der Waals surface area contributed by atoms with Crippen molar-refractivity contribution >= 4 is 29.7 Å². The van der Waals surface area contributed by atoms with Gasteiger partial charge >= 0.3 is 6.97 Å². The lowest BCUT2D eigenvalue weighted by atomic mass is 9.86. The highest BCUT2D eigenvalue weighted by Gasteiger charge is 2.51. The normalized spacial score (nSPS) is 18.3. The van der Waals surface area contributed by atoms with Gasteiger partial charge in [0.05, 0.1) is 11.8 Å². The fraction of sp³-hybridized carbons (Fsp3) is 0. The quantitative estimate of drug-likeness (QED) is 0.625. The minimum atomic E-state index is -3.86. The Labute approximate surface area is 130 Å². The van der Waals surface area contributed by atoms with Gasteiger partial charge in [-0.1, -0.05) is 18.2 Å². The Balaban J connectivity index is 1.89. The van der Waals surface area contributed by atoms with Crippen molar-refractivity contribution in [3.05, 3.63) is 78.0 Å². The average molecular weight is 308 g/mol. The van der Waals surface area contributed by atoms with Crippen molar-refractivity contribution in [2.75, 3.05) is 0 Å². The van der Waals surface area contributed by atoms with Crippen LogP contribution in [0.15, 0.2) is 71.1 Å². The number of fused-ring (bicyclic) bond motifs is 3. The van der Waals surface area contributed by atoms with Crippen LogP contribution in [0.25, 0.3) is 16.5 Å². The van der Waals surface area contributed by atoms with E-state index >= 15 is 0 Å². The van der Waals surface area contributed by atoms with Crippen molar-refractivity contribution in [3.8, 4) is 0 Å². The molecule has 0 N–H and O–H groups in total. The van der Waals surface area contributed by atoms with E-state index in [4.69, 9.17) is 4.42 Å². The van der Waals surface area contributed by atoms with Crippen molar-refractivity contribution in [3.63, 3.8) is 0 Å². The molecule has 0 spiro atoms. The van der Waals surface area contributed by atoms with Crippen LogP contribution in [0.5, 0.6) is 0 Å². The van der Waals surface area contributed by atoms with Crippen LogP contribution >= 0.6 is 0 Å². The van der Waals surface area contributed by atoms with Gasteiger partial charge in [0.1, 0.15) is 11.8 Å². The molecule has 4 heterocycles. The van der Waals surface area contributed by atoms with Gasteiger partial charge in [0.2, 0.25) is 0 Å². The highest BCUT2D eigenvalue weighted by Crippen LogP contribution is 2.40. The highest BCUT2D eigenvalue weighted by molar-refractivity contribution is 6.57. The van der Waals surface area contributed by atoms with Crippen LogP contribution < -0.4 is 0 Å². The molecule has 0 radical (unpaired) electrons. The highest BCUT2D eigenvalue weighted by atomic mass is 19.2. The van der Waals surface area contributed by atoms with E-state index in [0.29, 0.717) is 11.4 Å². The molecule has 0 saturated carbocycles. The van der Waals surface area contributed by atoms with Gasteiger partial charge < -0.3 is 22.0 Å². The van der Waals surface area contributed by atoms with Crippen LogP contribution in [0.2, 0.25) is 0 Å². The fourth-order valence-corrected chi connectivity index (χ4v) is 3.47. The third-order valence-corrected chi connectivity index (χ3v) is 4.49. The van der Waals surface area contributed by atoms with E-state index in [1.54, 1.807) is 30.5 Å². The van der Waals surface area contributed by atoms with Gasteiger partial charge in [-0.25, -0.2) is 0 Å². The molecule has 0 unspecified atom stereocenters. The second-order valence-corrected chi connectivity index (χ2v) is 5.71. The minimum absolute atomic E-state index is 0.507. The summed E-state index contributed by atoms with van der Waals surface area (Å²) in [6.45, 7) is -3.86. The van der Waals surface area contributed by atoms with Crippen molar-refractivity contribution in [2.45, 2.75) is 0 Å². The lowest BCUT2D eigenvalue weighted by Crippen LogP contribution is -2.49. The number of hydrogen-bond donors (Lipinski definition) is 0. The smallest absolute Gasteiger partial charge is 0.464 e. The zero-order valence-electron chi connectivity index (χ0n) is 12.0. The molecule has 3 nitrogen and oxygen atoms in total. The summed E-state index contributed by atoms with van der Waals surface area (Å²) >= 11 is 0. The number of hydrogen-bond acceptors (Lipinski definition) is 1. The largest absolute Gasteiger partial charge is 0.737 e. The Morgan fingerprint density at radius 1 is 1.09 bits per heavy atom. The predicted octanol–water partition coefficient (Wildman–Crippen LogP) is 3.88. The molecule has 1 aromatic carbocycles. The SMILES string of the molecule is F[B-]1(F)n2cccc2C(c2coc3ccccc23)=C2C=CC=[N+]21. The monoisotopic (exact) mass is 308 g/mol. The second-order valence-electron chi connectivity index (χ2n) is 5.71. The topological polar surface area (TPSA) is 21.1 Å². The number of aromatic nitrogens is 1. The van der Waals surface area contributed by atoms with E-state index < -0.39 is 6.97 Å². The third kappa shape index (κ3) is 1.50. The van der Waals surface area contributed by atoms with Gasteiger partial charge in [0.15, 0.2) is 5.70 Å². The molecule has 2 aromatic heterocycles. The maximum atomic E-state index is 14.7. The van der Waals surface area contributed by atoms with Crippen molar-refractivity contribution in [1.82, 2.24) is 4.48 Å². The number of allylic oxidation sites excluding steroid dienone is 2. The maximum absolute atomic E-state index is 14.7. The van der Waals surface area contributed by atoms with Gasteiger partial charge in [0, 0.05) is 28.8 Å². The fourth-order valence-electron chi connectivity index (χ4n) is 3.47. The molecule has 0 bridgehead atoms. The maximum Gasteiger partial charge on any atom is 0.737 e. The van der Waals surface area contributed by atoms with E-state index in [1.165, 1.54) is 12.4 Å². The van der Waals surface area contributed by atoms with Gasteiger partial charge in [-0.3, -0.25) is 0 Å². The Bertz CT molecular complexity index is 1060. The van der Waals surface area contributed by atoms with Crippen LogP contribution in [0.3, 0.4) is 0 Å². The molecule has 0 atom stereocenters. The summed E-state index contributed by atoms with van der Waals surface area (Å²) in [6, 6.07) is 11.0. The summed E-state index contributed by atoms with van der Waals surface area (Å²) in [7, 11) is 0. The van der Waals surface area contributed by atoms with Crippen LogP contribution in [0, 0.1) is 0 Å². The molecule has 0 saturated heterocycles. The average Bonchev–Trinajstić information content (AvgIpc) is 3.27. The first-order chi connectivity index (χ1) is 11.2. The Hall–Kier alpha value is -2.89. The van der Waals surface area contributed by atoms with Crippen LogP contribution in [-0.2, 0) is 0 Å². The molecule has 3 aromatic rings. The summed E-state index contributed by atoms with van der Waals surface area (Å²) in [5.41, 5.74) is 3.35. The van der Waals surface area contributed by atoms with E-state index in [1.807, 2.05) is 24.3 Å². The van der Waals surface area contributed by atoms with Crippen LogP contribution in [0.1, 0.15) is 11.3 Å². The molecule has 5 rings (SSSR count). The predicted molar refractivity (Wildman–Crippen MR) is 85.5 cm³/mol. The van der Waals surface area contributed by atoms with Crippen molar-refractivity contribution < 1.29 is 17.5 Å². The zero-order chi connectivity index (χ0) is 15.6. The Kier molecular flexibility index (Phi) is 2.25. The molecular formula is C17H11BF2N2O. The minimum Gasteiger partial charge on any atom is -0.464 e. The molecule has 2 aliphatic rings. The molecule has 0 amide bonds. The number of halogens is 2. The molecule has 2 aliphatic heterocycles. The van der Waals surface area contributed by atoms with Crippen molar-refractivity contribution in [2.24, 2.45) is 0 Å². The first kappa shape index (κ1) is 12.6. The number of benzene rings is 1. The summed E-state index contributed by atoms with van der Waals surface area (Å²) in [5.74, 6) is 0. The van der Waals surface area contributed by atoms with Gasteiger partial charge in [0.25, 0.3) is 0 Å². The van der Waals surface area contributed by atoms with Crippen LogP contribution in [0.4, 0.5) is 8.63 Å². The van der Waals surface area contributed by atoms with Gasteiger partial charge in [-0.15, -0.1) is 0 Å². The molecule has 6 heteroatoms. The standard InChI is InChI=1S/C17H11BF2N2O/c19-18(20)21-9-3-6-14(21)17(15-7-4-10-22(15)18)13-11-23-16-8-2-1-5-12(13)16/h1-11H. The lowest BCUT2D eigenvalue weighted by molar-refractivity contribution is -0.356. The summed E-state index contributed by atoms with van der Waals surface area (Å²) < 4.78 is 37.2. The molecule has 0 aliphatic carbocycles.